The Morgan fingerprint density at radius 1 is 1.47 bits per heavy atom. The van der Waals surface area contributed by atoms with E-state index in [2.05, 4.69) is 0 Å². The predicted octanol–water partition coefficient (Wildman–Crippen LogP) is 1.06. The van der Waals surface area contributed by atoms with Gasteiger partial charge in [-0.25, -0.2) is 0 Å². The van der Waals surface area contributed by atoms with Crippen molar-refractivity contribution in [2.45, 2.75) is 0 Å². The van der Waals surface area contributed by atoms with Gasteiger partial charge in [-0.1, -0.05) is 11.6 Å². The number of nitrogens with one attached hydrogen (secondary N) is 1. The molecule has 1 rings (SSSR count). The van der Waals surface area contributed by atoms with E-state index in [0.717, 1.165) is 12.1 Å². The molecule has 0 radical (unpaired) electrons. The molecule has 0 atom stereocenters. The first kappa shape index (κ1) is 12.9. The number of rotatable bonds is 4. The van der Waals surface area contributed by atoms with Crippen LogP contribution in [0.5, 0.6) is 0 Å². The fraction of sp³-hybridized carbons (Fsp3) is 0.111. The summed E-state index contributed by atoms with van der Waals surface area (Å²) in [5.41, 5.74) is -0.707. The van der Waals surface area contributed by atoms with Gasteiger partial charge in [0.1, 0.15) is 12.1 Å². The Morgan fingerprint density at radius 2 is 2.12 bits per heavy atom. The lowest BCUT2D eigenvalue weighted by molar-refractivity contribution is -0.385. The SMILES string of the molecule is O=C(O)CNC(=O)c1cc(Cl)ccc1[N+](=O)[O-]. The summed E-state index contributed by atoms with van der Waals surface area (Å²) >= 11 is 5.61. The Balaban J connectivity index is 3.02. The number of halogens is 1. The standard InChI is InChI=1S/C9H7ClN2O5/c10-5-1-2-7(12(16)17)6(3-5)9(15)11-4-8(13)14/h1-3H,4H2,(H,11,15)(H,13,14). The van der Waals surface area contributed by atoms with E-state index in [9.17, 15) is 19.7 Å². The van der Waals surface area contributed by atoms with E-state index in [1.807, 2.05) is 5.32 Å². The topological polar surface area (TPSA) is 110 Å². The third-order valence-corrected chi connectivity index (χ3v) is 2.04. The fourth-order valence-electron chi connectivity index (χ4n) is 1.10. The highest BCUT2D eigenvalue weighted by atomic mass is 35.5. The Bertz CT molecular complexity index is 488. The number of carboxylic acids is 1. The molecule has 0 saturated heterocycles. The van der Waals surface area contributed by atoms with E-state index in [1.54, 1.807) is 0 Å². The highest BCUT2D eigenvalue weighted by molar-refractivity contribution is 6.31. The minimum Gasteiger partial charge on any atom is -0.480 e. The van der Waals surface area contributed by atoms with E-state index >= 15 is 0 Å². The molecule has 1 aromatic carbocycles. The first-order valence-electron chi connectivity index (χ1n) is 4.35. The van der Waals surface area contributed by atoms with Crippen LogP contribution in [0.15, 0.2) is 18.2 Å². The third kappa shape index (κ3) is 3.42. The summed E-state index contributed by atoms with van der Waals surface area (Å²) < 4.78 is 0. The summed E-state index contributed by atoms with van der Waals surface area (Å²) in [6.07, 6.45) is 0. The van der Waals surface area contributed by atoms with Gasteiger partial charge in [-0.05, 0) is 12.1 Å². The predicted molar refractivity (Wildman–Crippen MR) is 58.1 cm³/mol. The highest BCUT2D eigenvalue weighted by Crippen LogP contribution is 2.22. The van der Waals surface area contributed by atoms with E-state index in [1.165, 1.54) is 6.07 Å². The van der Waals surface area contributed by atoms with Gasteiger partial charge >= 0.3 is 5.97 Å². The number of benzene rings is 1. The third-order valence-electron chi connectivity index (χ3n) is 1.80. The smallest absolute Gasteiger partial charge is 0.322 e. The van der Waals surface area contributed by atoms with Crippen LogP contribution >= 0.6 is 11.6 Å². The van der Waals surface area contributed by atoms with Crippen LogP contribution in [0, 0.1) is 10.1 Å². The molecule has 0 saturated carbocycles. The van der Waals surface area contributed by atoms with E-state index in [4.69, 9.17) is 16.7 Å². The molecule has 0 aliphatic rings. The zero-order valence-electron chi connectivity index (χ0n) is 8.34. The van der Waals surface area contributed by atoms with E-state index in [-0.39, 0.29) is 10.6 Å². The van der Waals surface area contributed by atoms with Crippen LogP contribution in [0.25, 0.3) is 0 Å². The minimum absolute atomic E-state index is 0.149. The molecule has 17 heavy (non-hydrogen) atoms. The number of carbonyl (C=O) groups excluding carboxylic acids is 1. The van der Waals surface area contributed by atoms with E-state index in [0.29, 0.717) is 0 Å². The number of hydrogen-bond acceptors (Lipinski definition) is 4. The van der Waals surface area contributed by atoms with Crippen LogP contribution < -0.4 is 5.32 Å². The van der Waals surface area contributed by atoms with Crippen LogP contribution in [0.4, 0.5) is 5.69 Å². The number of aliphatic carboxylic acids is 1. The maximum absolute atomic E-state index is 11.5. The molecular weight excluding hydrogens is 252 g/mol. The lowest BCUT2D eigenvalue weighted by atomic mass is 10.1. The van der Waals surface area contributed by atoms with Gasteiger partial charge in [0.05, 0.1) is 4.92 Å². The van der Waals surface area contributed by atoms with Gasteiger partial charge < -0.3 is 10.4 Å². The van der Waals surface area contributed by atoms with Gasteiger partial charge in [0.25, 0.3) is 11.6 Å². The zero-order valence-corrected chi connectivity index (χ0v) is 9.10. The van der Waals surface area contributed by atoms with Crippen molar-refractivity contribution in [3.8, 4) is 0 Å². The molecule has 1 aromatic rings. The second-order valence-electron chi connectivity index (χ2n) is 2.99. The summed E-state index contributed by atoms with van der Waals surface area (Å²) in [6.45, 7) is -0.623. The van der Waals surface area contributed by atoms with Gasteiger partial charge in [-0.15, -0.1) is 0 Å². The molecule has 2 N–H and O–H groups in total. The number of carboxylic acid groups (broad SMARTS) is 1. The molecule has 90 valence electrons. The second kappa shape index (κ2) is 5.26. The molecular formula is C9H7ClN2O5. The average molecular weight is 259 g/mol. The van der Waals surface area contributed by atoms with Crippen molar-refractivity contribution in [3.05, 3.63) is 38.9 Å². The lowest BCUT2D eigenvalue weighted by Gasteiger charge is -2.03. The first-order chi connectivity index (χ1) is 7.91. The van der Waals surface area contributed by atoms with Crippen molar-refractivity contribution in [3.63, 3.8) is 0 Å². The molecule has 0 aliphatic carbocycles. The molecule has 1 amide bonds. The first-order valence-corrected chi connectivity index (χ1v) is 4.73. The normalized spacial score (nSPS) is 9.71. The highest BCUT2D eigenvalue weighted by Gasteiger charge is 2.20. The van der Waals surface area contributed by atoms with Crippen molar-refractivity contribution >= 4 is 29.2 Å². The minimum atomic E-state index is -1.25. The van der Waals surface area contributed by atoms with Gasteiger partial charge in [-0.3, -0.25) is 19.7 Å². The monoisotopic (exact) mass is 258 g/mol. The molecule has 0 fully saturated rings. The number of amides is 1. The fourth-order valence-corrected chi connectivity index (χ4v) is 1.27. The summed E-state index contributed by atoms with van der Waals surface area (Å²) in [5.74, 6) is -2.11. The molecule has 0 aliphatic heterocycles. The van der Waals surface area contributed by atoms with Crippen molar-refractivity contribution < 1.29 is 19.6 Å². The van der Waals surface area contributed by atoms with Crippen molar-refractivity contribution in [1.82, 2.24) is 5.32 Å². The number of nitrogens with zero attached hydrogens (tertiary/aromatic N) is 1. The van der Waals surface area contributed by atoms with Crippen LogP contribution in [0.2, 0.25) is 5.02 Å². The number of carbonyl (C=O) groups is 2. The summed E-state index contributed by atoms with van der Waals surface area (Å²) in [5, 5.41) is 21.2. The Hall–Kier alpha value is -2.15. The largest absolute Gasteiger partial charge is 0.480 e. The maximum atomic E-state index is 11.5. The van der Waals surface area contributed by atoms with Crippen molar-refractivity contribution in [2.24, 2.45) is 0 Å². The average Bonchev–Trinajstić information content (AvgIpc) is 2.25. The summed E-state index contributed by atoms with van der Waals surface area (Å²) in [4.78, 5) is 31.6. The molecule has 0 aromatic heterocycles. The molecule has 0 heterocycles. The van der Waals surface area contributed by atoms with E-state index < -0.39 is 29.0 Å². The number of nitro groups is 1. The molecule has 8 heteroatoms. The van der Waals surface area contributed by atoms with Crippen LogP contribution in [-0.4, -0.2) is 28.5 Å². The van der Waals surface area contributed by atoms with Gasteiger partial charge in [0.2, 0.25) is 0 Å². The molecule has 7 nitrogen and oxygen atoms in total. The number of nitro benzene ring substituents is 1. The summed E-state index contributed by atoms with van der Waals surface area (Å²) in [7, 11) is 0. The Labute approximate surface area is 100 Å². The van der Waals surface area contributed by atoms with Crippen LogP contribution in [0.1, 0.15) is 10.4 Å². The quantitative estimate of drug-likeness (QED) is 0.620. The number of hydrogen-bond donors (Lipinski definition) is 2. The summed E-state index contributed by atoms with van der Waals surface area (Å²) in [6, 6.07) is 3.46. The zero-order chi connectivity index (χ0) is 13.0. The van der Waals surface area contributed by atoms with Crippen LogP contribution in [0.3, 0.4) is 0 Å². The van der Waals surface area contributed by atoms with Gasteiger partial charge in [0, 0.05) is 11.1 Å². The Morgan fingerprint density at radius 3 is 2.65 bits per heavy atom. The molecule has 0 spiro atoms. The lowest BCUT2D eigenvalue weighted by Crippen LogP contribution is -2.29. The van der Waals surface area contributed by atoms with Crippen molar-refractivity contribution in [1.29, 1.82) is 0 Å². The molecule has 0 unspecified atom stereocenters. The molecule has 0 bridgehead atoms. The van der Waals surface area contributed by atoms with Crippen LogP contribution in [-0.2, 0) is 4.79 Å². The Kier molecular flexibility index (Phi) is 4.00. The van der Waals surface area contributed by atoms with Gasteiger partial charge in [0.15, 0.2) is 0 Å². The van der Waals surface area contributed by atoms with Gasteiger partial charge in [-0.2, -0.15) is 0 Å². The second-order valence-corrected chi connectivity index (χ2v) is 3.43. The van der Waals surface area contributed by atoms with Crippen molar-refractivity contribution in [2.75, 3.05) is 6.54 Å². The maximum Gasteiger partial charge on any atom is 0.322 e.